The minimum absolute atomic E-state index is 0.0564. The normalized spacial score (nSPS) is 18.3. The third-order valence-corrected chi connectivity index (χ3v) is 6.20. The number of carbonyl (C=O) groups is 1. The van der Waals surface area contributed by atoms with E-state index in [1.807, 2.05) is 0 Å². The van der Waals surface area contributed by atoms with E-state index in [1.165, 1.54) is 36.6 Å². The fourth-order valence-electron chi connectivity index (χ4n) is 4.33. The molecule has 2 aromatic heterocycles. The maximum Gasteiger partial charge on any atom is 0.416 e. The molecule has 2 atom stereocenters. The van der Waals surface area contributed by atoms with E-state index in [4.69, 9.17) is 10.5 Å². The Morgan fingerprint density at radius 1 is 1.21 bits per heavy atom. The van der Waals surface area contributed by atoms with E-state index in [9.17, 15) is 22.4 Å². The average molecular weight is 473 g/mol. The molecule has 0 radical (unpaired) electrons. The van der Waals surface area contributed by atoms with E-state index in [-0.39, 0.29) is 23.5 Å². The molecule has 1 aliphatic rings. The quantitative estimate of drug-likeness (QED) is 0.433. The van der Waals surface area contributed by atoms with Gasteiger partial charge in [0, 0.05) is 13.1 Å². The first-order valence-electron chi connectivity index (χ1n) is 10.4. The number of anilines is 1. The minimum atomic E-state index is -4.51. The summed E-state index contributed by atoms with van der Waals surface area (Å²) in [6, 6.07) is 5.15. The lowest BCUT2D eigenvalue weighted by Crippen LogP contribution is -2.37. The van der Waals surface area contributed by atoms with E-state index in [1.54, 1.807) is 11.3 Å². The van der Waals surface area contributed by atoms with Crippen LogP contribution in [0.5, 0.6) is 0 Å². The molecule has 0 spiro atoms. The van der Waals surface area contributed by atoms with Gasteiger partial charge in [-0.3, -0.25) is 9.20 Å². The molecule has 0 fully saturated rings. The van der Waals surface area contributed by atoms with Crippen molar-refractivity contribution >= 4 is 28.3 Å². The molecule has 3 heterocycles. The van der Waals surface area contributed by atoms with Crippen LogP contribution >= 0.6 is 0 Å². The molecule has 0 aliphatic carbocycles. The molecular weight excluding hydrogens is 454 g/mol. The first kappa shape index (κ1) is 22.1. The molecule has 2 aromatic carbocycles. The summed E-state index contributed by atoms with van der Waals surface area (Å²) in [5.41, 5.74) is 6.94. The molecule has 1 aliphatic heterocycles. The van der Waals surface area contributed by atoms with Crippen molar-refractivity contribution in [2.45, 2.75) is 25.2 Å². The minimum Gasteiger partial charge on any atom is -0.382 e. The molecule has 11 heteroatoms. The van der Waals surface area contributed by atoms with Gasteiger partial charge in [-0.2, -0.15) is 13.2 Å². The Morgan fingerprint density at radius 3 is 2.71 bits per heavy atom. The van der Waals surface area contributed by atoms with E-state index < -0.39 is 35.6 Å². The van der Waals surface area contributed by atoms with Crippen molar-refractivity contribution < 1.29 is 27.1 Å². The first-order valence-corrected chi connectivity index (χ1v) is 10.4. The predicted molar refractivity (Wildman–Crippen MR) is 116 cm³/mol. The fourth-order valence-corrected chi connectivity index (χ4v) is 4.33. The number of fused-ring (bicyclic) bond motifs is 4. The second-order valence-corrected chi connectivity index (χ2v) is 8.22. The first-order chi connectivity index (χ1) is 16.1. The third-order valence-electron chi connectivity index (χ3n) is 6.20. The van der Waals surface area contributed by atoms with Gasteiger partial charge in [0.15, 0.2) is 0 Å². The van der Waals surface area contributed by atoms with Gasteiger partial charge >= 0.3 is 6.18 Å². The number of likely N-dealkylation sites (N-methyl/N-ethyl adjacent to an activating group) is 1. The number of alkyl halides is 3. The number of amides is 1. The van der Waals surface area contributed by atoms with Crippen molar-refractivity contribution in [1.82, 2.24) is 19.3 Å². The largest absolute Gasteiger partial charge is 0.416 e. The highest BCUT2D eigenvalue weighted by Crippen LogP contribution is 2.39. The van der Waals surface area contributed by atoms with Gasteiger partial charge in [0.05, 0.1) is 53.4 Å². The number of hydrogen-bond donors (Lipinski definition) is 1. The predicted octanol–water partition coefficient (Wildman–Crippen LogP) is 4.53. The van der Waals surface area contributed by atoms with Crippen molar-refractivity contribution in [3.8, 4) is 0 Å². The van der Waals surface area contributed by atoms with Crippen LogP contribution in [0.15, 0.2) is 42.9 Å². The van der Waals surface area contributed by atoms with Crippen molar-refractivity contribution in [3.05, 3.63) is 70.9 Å². The van der Waals surface area contributed by atoms with Gasteiger partial charge in [0.25, 0.3) is 5.91 Å². The van der Waals surface area contributed by atoms with Gasteiger partial charge in [0.1, 0.15) is 17.2 Å². The van der Waals surface area contributed by atoms with Crippen molar-refractivity contribution in [2.75, 3.05) is 19.4 Å². The molecule has 2 N–H and O–H groups in total. The van der Waals surface area contributed by atoms with Crippen LogP contribution in [0.1, 0.15) is 46.1 Å². The molecule has 34 heavy (non-hydrogen) atoms. The number of imidazole rings is 1. The Morgan fingerprint density at radius 2 is 1.97 bits per heavy atom. The highest BCUT2D eigenvalue weighted by molar-refractivity contribution is 5.98. The van der Waals surface area contributed by atoms with E-state index in [0.29, 0.717) is 22.2 Å². The number of nitrogen functional groups attached to an aromatic ring is 1. The number of rotatable bonds is 2. The molecule has 7 nitrogen and oxygen atoms in total. The van der Waals surface area contributed by atoms with Gasteiger partial charge in [0.2, 0.25) is 0 Å². The summed E-state index contributed by atoms with van der Waals surface area (Å²) in [6.45, 7) is 1.70. The molecule has 176 valence electrons. The van der Waals surface area contributed by atoms with Gasteiger partial charge in [-0.25, -0.2) is 14.4 Å². The van der Waals surface area contributed by atoms with Crippen LogP contribution in [0.3, 0.4) is 0 Å². The summed E-state index contributed by atoms with van der Waals surface area (Å²) in [5, 5.41) is 0. The Bertz CT molecular complexity index is 1450. The van der Waals surface area contributed by atoms with Gasteiger partial charge in [-0.05, 0) is 36.2 Å². The summed E-state index contributed by atoms with van der Waals surface area (Å²) in [5.74, 6) is -1.28. The number of benzene rings is 2. The highest BCUT2D eigenvalue weighted by atomic mass is 19.4. The Balaban J connectivity index is 1.56. The maximum absolute atomic E-state index is 15.0. The molecule has 5 rings (SSSR count). The van der Waals surface area contributed by atoms with E-state index in [2.05, 4.69) is 9.97 Å². The van der Waals surface area contributed by atoms with Crippen LogP contribution in [0, 0.1) is 5.82 Å². The molecule has 0 bridgehead atoms. The maximum atomic E-state index is 15.0. The van der Waals surface area contributed by atoms with Gasteiger partial charge in [-0.1, -0.05) is 6.07 Å². The lowest BCUT2D eigenvalue weighted by atomic mass is 9.91. The monoisotopic (exact) mass is 473 g/mol. The topological polar surface area (TPSA) is 85.8 Å². The van der Waals surface area contributed by atoms with Gasteiger partial charge < -0.3 is 15.4 Å². The number of halogens is 4. The molecule has 1 amide bonds. The van der Waals surface area contributed by atoms with Gasteiger partial charge in [-0.15, -0.1) is 0 Å². The number of nitrogens with two attached hydrogens (primary N) is 1. The fraction of sp³-hybridized carbons (Fsp3) is 0.261. The molecule has 4 aromatic rings. The van der Waals surface area contributed by atoms with Crippen molar-refractivity contribution in [3.63, 3.8) is 0 Å². The van der Waals surface area contributed by atoms with Crippen molar-refractivity contribution in [2.24, 2.45) is 0 Å². The number of ether oxygens (including phenoxy) is 1. The second kappa shape index (κ2) is 7.66. The zero-order chi connectivity index (χ0) is 24.4. The number of hydrogen-bond acceptors (Lipinski definition) is 5. The summed E-state index contributed by atoms with van der Waals surface area (Å²) in [7, 11) is 1.46. The van der Waals surface area contributed by atoms with Crippen LogP contribution in [0.4, 0.5) is 23.4 Å². The lowest BCUT2D eigenvalue weighted by molar-refractivity contribution is -0.137. The standard InChI is InChI=1S/C23H19F4N5O2/c1-11-14-5-12(23(25,26)27)3-4-13(14)20(9-34-11)31(2)22(33)15-6-18-17(7-16(15)24)30-21(28)19-8-29-10-32(18)19/h3-8,10-11,20H,9H2,1-2H3,(H2,28,30). The molecular formula is C23H19F4N5O2. The number of aromatic nitrogens is 3. The summed E-state index contributed by atoms with van der Waals surface area (Å²) < 4.78 is 61.9. The zero-order valence-corrected chi connectivity index (χ0v) is 18.1. The molecule has 0 saturated carbocycles. The Labute approximate surface area is 190 Å². The van der Waals surface area contributed by atoms with E-state index in [0.717, 1.165) is 18.2 Å². The molecule has 0 saturated heterocycles. The summed E-state index contributed by atoms with van der Waals surface area (Å²) >= 11 is 0. The zero-order valence-electron chi connectivity index (χ0n) is 18.1. The number of carbonyl (C=O) groups excluding carboxylic acids is 1. The third kappa shape index (κ3) is 3.43. The Kier molecular flexibility index (Phi) is 4.97. The highest BCUT2D eigenvalue weighted by Gasteiger charge is 2.36. The second-order valence-electron chi connectivity index (χ2n) is 8.22. The van der Waals surface area contributed by atoms with Crippen LogP contribution in [-0.4, -0.2) is 38.8 Å². The van der Waals surface area contributed by atoms with Crippen molar-refractivity contribution in [1.29, 1.82) is 0 Å². The average Bonchev–Trinajstić information content (AvgIpc) is 3.28. The summed E-state index contributed by atoms with van der Waals surface area (Å²) in [4.78, 5) is 22.8. The van der Waals surface area contributed by atoms with Crippen LogP contribution < -0.4 is 5.73 Å². The molecule has 2 unspecified atom stereocenters. The SMILES string of the molecule is CC1OCC(N(C)C(=O)c2cc3c(cc2F)nc(N)c2cncn23)c2ccc(C(F)(F)F)cc21. The van der Waals surface area contributed by atoms with Crippen LogP contribution in [0.25, 0.3) is 16.6 Å². The Hall–Kier alpha value is -3.73. The number of nitrogens with zero attached hydrogens (tertiary/aromatic N) is 4. The summed E-state index contributed by atoms with van der Waals surface area (Å²) in [6.07, 6.45) is -2.10. The van der Waals surface area contributed by atoms with E-state index >= 15 is 0 Å². The lowest BCUT2D eigenvalue weighted by Gasteiger charge is -2.36. The van der Waals surface area contributed by atoms with Crippen LogP contribution in [-0.2, 0) is 10.9 Å². The van der Waals surface area contributed by atoms with Crippen LogP contribution in [0.2, 0.25) is 0 Å². The smallest absolute Gasteiger partial charge is 0.382 e.